The van der Waals surface area contributed by atoms with Crippen LogP contribution in [0.2, 0.25) is 0 Å². The van der Waals surface area contributed by atoms with Crippen molar-refractivity contribution in [3.63, 3.8) is 0 Å². The molecule has 2 rings (SSSR count). The van der Waals surface area contributed by atoms with E-state index in [1.165, 1.54) is 0 Å². The monoisotopic (exact) mass is 286 g/mol. The van der Waals surface area contributed by atoms with Crippen molar-refractivity contribution in [2.45, 2.75) is 19.3 Å². The number of benzene rings is 2. The van der Waals surface area contributed by atoms with Crippen LogP contribution in [-0.2, 0) is 5.41 Å². The van der Waals surface area contributed by atoms with E-state index in [1.807, 2.05) is 36.4 Å². The van der Waals surface area contributed by atoms with Gasteiger partial charge in [-0.1, -0.05) is 26.0 Å². The molecule has 0 aliphatic rings. The Morgan fingerprint density at radius 3 is 1.43 bits per heavy atom. The first-order chi connectivity index (χ1) is 9.90. The Labute approximate surface area is 125 Å². The van der Waals surface area contributed by atoms with Crippen LogP contribution in [0.1, 0.15) is 25.0 Å². The number of nitrogens with two attached hydrogens (primary N) is 2. The molecular weight excluding hydrogens is 264 g/mol. The van der Waals surface area contributed by atoms with E-state index in [0.29, 0.717) is 22.9 Å². The maximum absolute atomic E-state index is 6.01. The van der Waals surface area contributed by atoms with Crippen LogP contribution >= 0.6 is 0 Å². The summed E-state index contributed by atoms with van der Waals surface area (Å²) in [5, 5.41) is 0. The normalized spacial score (nSPS) is 11.2. The van der Waals surface area contributed by atoms with Gasteiger partial charge in [0.2, 0.25) is 0 Å². The maximum Gasteiger partial charge on any atom is 0.141 e. The molecule has 0 fully saturated rings. The van der Waals surface area contributed by atoms with Crippen LogP contribution in [0.3, 0.4) is 0 Å². The van der Waals surface area contributed by atoms with Crippen molar-refractivity contribution in [1.82, 2.24) is 0 Å². The van der Waals surface area contributed by atoms with Gasteiger partial charge in [-0.2, -0.15) is 0 Å². The smallest absolute Gasteiger partial charge is 0.141 e. The quantitative estimate of drug-likeness (QED) is 0.847. The third-order valence-electron chi connectivity index (χ3n) is 3.90. The first kappa shape index (κ1) is 15.0. The Hall–Kier alpha value is -2.36. The molecule has 0 saturated carbocycles. The number of rotatable bonds is 4. The lowest BCUT2D eigenvalue weighted by molar-refractivity contribution is 0.416. The Balaban J connectivity index is 2.45. The fraction of sp³-hybridized carbons (Fsp3) is 0.294. The van der Waals surface area contributed by atoms with E-state index >= 15 is 0 Å². The number of ether oxygens (including phenoxy) is 2. The molecule has 21 heavy (non-hydrogen) atoms. The van der Waals surface area contributed by atoms with E-state index in [-0.39, 0.29) is 5.41 Å². The summed E-state index contributed by atoms with van der Waals surface area (Å²) in [5.41, 5.74) is 15.3. The summed E-state index contributed by atoms with van der Waals surface area (Å²) >= 11 is 0. The van der Waals surface area contributed by atoms with Gasteiger partial charge in [-0.15, -0.1) is 0 Å². The number of nitrogen functional groups attached to an aromatic ring is 2. The standard InChI is InChI=1S/C17H22N2O2/c1-17(2,11-5-7-15(20-3)13(18)9-11)12-6-8-16(21-4)14(19)10-12/h5-10H,18-19H2,1-4H3. The number of anilines is 2. The van der Waals surface area contributed by atoms with Gasteiger partial charge in [0.25, 0.3) is 0 Å². The second-order valence-electron chi connectivity index (χ2n) is 5.54. The molecule has 0 spiro atoms. The lowest BCUT2D eigenvalue weighted by Gasteiger charge is -2.27. The summed E-state index contributed by atoms with van der Waals surface area (Å²) in [4.78, 5) is 0. The molecule has 0 unspecified atom stereocenters. The molecule has 0 bridgehead atoms. The molecule has 2 aromatic carbocycles. The van der Waals surface area contributed by atoms with Gasteiger partial charge >= 0.3 is 0 Å². The molecule has 0 aromatic heterocycles. The van der Waals surface area contributed by atoms with Crippen LogP contribution in [0.25, 0.3) is 0 Å². The molecule has 2 aromatic rings. The Bertz CT molecular complexity index is 596. The van der Waals surface area contributed by atoms with Gasteiger partial charge in [0.05, 0.1) is 25.6 Å². The molecule has 0 atom stereocenters. The number of hydrogen-bond acceptors (Lipinski definition) is 4. The highest BCUT2D eigenvalue weighted by atomic mass is 16.5. The zero-order chi connectivity index (χ0) is 15.6. The van der Waals surface area contributed by atoms with Gasteiger partial charge in [0.1, 0.15) is 11.5 Å². The van der Waals surface area contributed by atoms with Crippen molar-refractivity contribution >= 4 is 11.4 Å². The lowest BCUT2D eigenvalue weighted by Crippen LogP contribution is -2.19. The van der Waals surface area contributed by atoms with Gasteiger partial charge in [-0.05, 0) is 35.4 Å². The second-order valence-corrected chi connectivity index (χ2v) is 5.54. The molecule has 0 radical (unpaired) electrons. The number of methoxy groups -OCH3 is 2. The molecule has 0 amide bonds. The van der Waals surface area contributed by atoms with Crippen molar-refractivity contribution in [2.24, 2.45) is 0 Å². The molecule has 112 valence electrons. The molecule has 4 N–H and O–H groups in total. The van der Waals surface area contributed by atoms with Crippen molar-refractivity contribution in [1.29, 1.82) is 0 Å². The van der Waals surface area contributed by atoms with Crippen LogP contribution in [0.15, 0.2) is 36.4 Å². The van der Waals surface area contributed by atoms with Gasteiger partial charge in [-0.3, -0.25) is 0 Å². The molecule has 0 aliphatic carbocycles. The predicted molar refractivity (Wildman–Crippen MR) is 86.9 cm³/mol. The highest BCUT2D eigenvalue weighted by molar-refractivity contribution is 5.59. The van der Waals surface area contributed by atoms with E-state index in [2.05, 4.69) is 13.8 Å². The minimum atomic E-state index is -0.221. The molecule has 0 heterocycles. The SMILES string of the molecule is COc1ccc(C(C)(C)c2ccc(OC)c(N)c2)cc1N. The van der Waals surface area contributed by atoms with Crippen LogP contribution in [0.5, 0.6) is 11.5 Å². The van der Waals surface area contributed by atoms with Gasteiger partial charge in [-0.25, -0.2) is 0 Å². The summed E-state index contributed by atoms with van der Waals surface area (Å²) in [5.74, 6) is 1.37. The summed E-state index contributed by atoms with van der Waals surface area (Å²) in [6, 6.07) is 11.7. The lowest BCUT2D eigenvalue weighted by atomic mass is 9.78. The molecular formula is C17H22N2O2. The van der Waals surface area contributed by atoms with Crippen LogP contribution in [-0.4, -0.2) is 14.2 Å². The second kappa shape index (κ2) is 5.56. The van der Waals surface area contributed by atoms with Gasteiger partial charge in [0, 0.05) is 5.41 Å². The largest absolute Gasteiger partial charge is 0.495 e. The van der Waals surface area contributed by atoms with Crippen molar-refractivity contribution < 1.29 is 9.47 Å². The molecule has 4 heteroatoms. The topological polar surface area (TPSA) is 70.5 Å². The van der Waals surface area contributed by atoms with Gasteiger partial charge < -0.3 is 20.9 Å². The first-order valence-corrected chi connectivity index (χ1v) is 6.78. The Morgan fingerprint density at radius 1 is 0.762 bits per heavy atom. The fourth-order valence-corrected chi connectivity index (χ4v) is 2.41. The molecule has 0 aliphatic heterocycles. The summed E-state index contributed by atoms with van der Waals surface area (Å²) in [7, 11) is 3.22. The summed E-state index contributed by atoms with van der Waals surface area (Å²) in [6.45, 7) is 4.27. The third-order valence-corrected chi connectivity index (χ3v) is 3.90. The average molecular weight is 286 g/mol. The van der Waals surface area contributed by atoms with E-state index in [9.17, 15) is 0 Å². The van der Waals surface area contributed by atoms with E-state index in [4.69, 9.17) is 20.9 Å². The minimum absolute atomic E-state index is 0.221. The first-order valence-electron chi connectivity index (χ1n) is 6.78. The zero-order valence-electron chi connectivity index (χ0n) is 12.9. The van der Waals surface area contributed by atoms with Crippen LogP contribution in [0.4, 0.5) is 11.4 Å². The molecule has 0 saturated heterocycles. The Kier molecular flexibility index (Phi) is 3.98. The van der Waals surface area contributed by atoms with Crippen molar-refractivity contribution in [3.05, 3.63) is 47.5 Å². The van der Waals surface area contributed by atoms with E-state index in [1.54, 1.807) is 14.2 Å². The fourth-order valence-electron chi connectivity index (χ4n) is 2.41. The highest BCUT2D eigenvalue weighted by Crippen LogP contribution is 2.37. The van der Waals surface area contributed by atoms with Crippen LogP contribution in [0, 0.1) is 0 Å². The Morgan fingerprint density at radius 2 is 1.14 bits per heavy atom. The zero-order valence-corrected chi connectivity index (χ0v) is 12.9. The van der Waals surface area contributed by atoms with Crippen LogP contribution < -0.4 is 20.9 Å². The van der Waals surface area contributed by atoms with E-state index < -0.39 is 0 Å². The summed E-state index contributed by atoms with van der Waals surface area (Å²) in [6.07, 6.45) is 0. The third kappa shape index (κ3) is 2.75. The van der Waals surface area contributed by atoms with E-state index in [0.717, 1.165) is 11.1 Å². The predicted octanol–water partition coefficient (Wildman–Crippen LogP) is 3.19. The highest BCUT2D eigenvalue weighted by Gasteiger charge is 2.24. The average Bonchev–Trinajstić information content (AvgIpc) is 2.47. The van der Waals surface area contributed by atoms with Crippen molar-refractivity contribution in [3.8, 4) is 11.5 Å². The number of hydrogen-bond donors (Lipinski definition) is 2. The van der Waals surface area contributed by atoms with Crippen molar-refractivity contribution in [2.75, 3.05) is 25.7 Å². The van der Waals surface area contributed by atoms with Gasteiger partial charge in [0.15, 0.2) is 0 Å². The maximum atomic E-state index is 6.01. The molecule has 4 nitrogen and oxygen atoms in total. The minimum Gasteiger partial charge on any atom is -0.495 e. The summed E-state index contributed by atoms with van der Waals surface area (Å²) < 4.78 is 10.4.